The zero-order valence-corrected chi connectivity index (χ0v) is 12.2. The van der Waals surface area contributed by atoms with Crippen molar-refractivity contribution in [3.8, 4) is 0 Å². The van der Waals surface area contributed by atoms with E-state index in [1.165, 1.54) is 12.1 Å². The second-order valence-electron chi connectivity index (χ2n) is 4.57. The Morgan fingerprint density at radius 1 is 1.05 bits per heavy atom. The van der Waals surface area contributed by atoms with Gasteiger partial charge in [-0.05, 0) is 17.7 Å². The molecule has 1 radical (unpaired) electrons. The molecule has 0 fully saturated rings. The van der Waals surface area contributed by atoms with E-state index in [9.17, 15) is 17.6 Å². The Hall–Kier alpha value is -0.190. The maximum absolute atomic E-state index is 13.5. The van der Waals surface area contributed by atoms with E-state index in [4.69, 9.17) is 34.8 Å². The molecule has 7 heteroatoms. The van der Waals surface area contributed by atoms with Crippen molar-refractivity contribution >= 4 is 34.8 Å². The Balaban J connectivity index is 3.16. The lowest BCUT2D eigenvalue weighted by atomic mass is 9.79. The summed E-state index contributed by atoms with van der Waals surface area (Å²) >= 11 is 17.4. The average Bonchev–Trinajstić information content (AvgIpc) is 2.22. The van der Waals surface area contributed by atoms with Gasteiger partial charge >= 0.3 is 12.3 Å². The van der Waals surface area contributed by atoms with Crippen LogP contribution >= 0.6 is 34.8 Å². The quantitative estimate of drug-likeness (QED) is 0.581. The van der Waals surface area contributed by atoms with Crippen LogP contribution in [0.5, 0.6) is 0 Å². The van der Waals surface area contributed by atoms with Crippen molar-refractivity contribution in [2.75, 3.05) is 0 Å². The maximum atomic E-state index is 13.5. The molecule has 1 rings (SSSR count). The molecule has 0 unspecified atom stereocenters. The molecule has 0 amide bonds. The van der Waals surface area contributed by atoms with Crippen LogP contribution in [0.2, 0.25) is 15.1 Å². The summed E-state index contributed by atoms with van der Waals surface area (Å²) in [5.74, 6) is -4.21. The van der Waals surface area contributed by atoms with Gasteiger partial charge < -0.3 is 0 Å². The van der Waals surface area contributed by atoms with Crippen LogP contribution in [0.3, 0.4) is 0 Å². The summed E-state index contributed by atoms with van der Waals surface area (Å²) in [7, 11) is 0. The molecule has 1 aromatic carbocycles. The third kappa shape index (κ3) is 3.47. The molecule has 1 aromatic rings. The topological polar surface area (TPSA) is 0 Å². The first-order valence-electron chi connectivity index (χ1n) is 5.15. The minimum atomic E-state index is -4.21. The molecule has 0 bridgehead atoms. The summed E-state index contributed by atoms with van der Waals surface area (Å²) in [5, 5.41) is 0.275. The summed E-state index contributed by atoms with van der Waals surface area (Å²) in [6, 6.07) is 2.61. The number of alkyl halides is 4. The summed E-state index contributed by atoms with van der Waals surface area (Å²) < 4.78 is 51.8. The number of halogens is 7. The highest BCUT2D eigenvalue weighted by Gasteiger charge is 2.54. The first kappa shape index (κ1) is 16.9. The predicted molar refractivity (Wildman–Crippen MR) is 69.6 cm³/mol. The third-order valence-corrected chi connectivity index (χ3v) is 3.53. The van der Waals surface area contributed by atoms with Crippen LogP contribution in [0.4, 0.5) is 17.6 Å². The van der Waals surface area contributed by atoms with Crippen molar-refractivity contribution < 1.29 is 17.6 Å². The molecule has 0 N–H and O–H groups in total. The van der Waals surface area contributed by atoms with Crippen LogP contribution in [0, 0.1) is 11.8 Å². The van der Waals surface area contributed by atoms with E-state index in [2.05, 4.69) is 0 Å². The number of rotatable bonds is 4. The van der Waals surface area contributed by atoms with Gasteiger partial charge in [0.15, 0.2) is 0 Å². The van der Waals surface area contributed by atoms with E-state index in [0.29, 0.717) is 0 Å². The van der Waals surface area contributed by atoms with Gasteiger partial charge in [-0.3, -0.25) is 0 Å². The van der Waals surface area contributed by atoms with Gasteiger partial charge in [-0.2, -0.15) is 8.78 Å². The van der Waals surface area contributed by atoms with Crippen LogP contribution in [0.15, 0.2) is 12.1 Å². The molecule has 0 aliphatic carbocycles. The molecule has 0 atom stereocenters. The lowest BCUT2D eigenvalue weighted by Crippen LogP contribution is -2.43. The summed E-state index contributed by atoms with van der Waals surface area (Å²) in [5.41, 5.74) is -2.07. The Bertz CT molecular complexity index is 449. The highest BCUT2D eigenvalue weighted by atomic mass is 35.5. The minimum absolute atomic E-state index is 0.0237. The van der Waals surface area contributed by atoms with Crippen molar-refractivity contribution in [2.45, 2.75) is 26.2 Å². The van der Waals surface area contributed by atoms with Crippen molar-refractivity contribution in [1.29, 1.82) is 0 Å². The normalized spacial score (nSPS) is 13.2. The molecule has 0 aromatic heterocycles. The second-order valence-corrected chi connectivity index (χ2v) is 5.82. The van der Waals surface area contributed by atoms with Gasteiger partial charge in [0.2, 0.25) is 0 Å². The standard InChI is InChI=1S/C12H10Cl3F4/c1-11(2,12(18,19)10(16)17)5-7-8(14)3-6(13)4-9(7)15/h3-5,10H,1-2H3. The van der Waals surface area contributed by atoms with E-state index in [1.807, 2.05) is 0 Å². The van der Waals surface area contributed by atoms with Gasteiger partial charge in [-0.15, -0.1) is 0 Å². The lowest BCUT2D eigenvalue weighted by molar-refractivity contribution is -0.185. The fourth-order valence-corrected chi connectivity index (χ4v) is 2.36. The number of benzene rings is 1. The second kappa shape index (κ2) is 5.66. The zero-order valence-electron chi connectivity index (χ0n) is 9.96. The Labute approximate surface area is 123 Å². The molecule has 0 spiro atoms. The van der Waals surface area contributed by atoms with Crippen LogP contribution < -0.4 is 0 Å². The summed E-state index contributed by atoms with van der Waals surface area (Å²) in [6.45, 7) is 1.97. The number of hydrogen-bond acceptors (Lipinski definition) is 0. The Kier molecular flexibility index (Phi) is 5.03. The van der Waals surface area contributed by atoms with Crippen LogP contribution in [-0.4, -0.2) is 12.3 Å². The van der Waals surface area contributed by atoms with E-state index in [1.54, 1.807) is 0 Å². The lowest BCUT2D eigenvalue weighted by Gasteiger charge is -2.33. The maximum Gasteiger partial charge on any atom is 0.313 e. The van der Waals surface area contributed by atoms with E-state index in [-0.39, 0.29) is 20.6 Å². The molecule has 0 heterocycles. The van der Waals surface area contributed by atoms with Crippen LogP contribution in [-0.2, 0) is 0 Å². The highest BCUT2D eigenvalue weighted by molar-refractivity contribution is 6.39. The monoisotopic (exact) mass is 335 g/mol. The molecule has 0 aliphatic rings. The minimum Gasteiger partial charge on any atom is -0.204 e. The SMILES string of the molecule is CC(C)([CH]c1c(Cl)cc(Cl)cc1Cl)C(F)(F)C(F)F. The fraction of sp³-hybridized carbons (Fsp3) is 0.417. The predicted octanol–water partition coefficient (Wildman–Crippen LogP) is 6.13. The van der Waals surface area contributed by atoms with E-state index >= 15 is 0 Å². The molecule has 0 aliphatic heterocycles. The molecule has 19 heavy (non-hydrogen) atoms. The van der Waals surface area contributed by atoms with Gasteiger partial charge in [-0.1, -0.05) is 48.7 Å². The smallest absolute Gasteiger partial charge is 0.204 e. The van der Waals surface area contributed by atoms with Crippen molar-refractivity contribution in [3.63, 3.8) is 0 Å². The third-order valence-electron chi connectivity index (χ3n) is 2.68. The molecule has 107 valence electrons. The van der Waals surface area contributed by atoms with Gasteiger partial charge in [0.25, 0.3) is 0 Å². The van der Waals surface area contributed by atoms with E-state index in [0.717, 1.165) is 20.3 Å². The van der Waals surface area contributed by atoms with Crippen molar-refractivity contribution in [2.24, 2.45) is 5.41 Å². The van der Waals surface area contributed by atoms with E-state index < -0.39 is 17.8 Å². The first-order chi connectivity index (χ1) is 8.49. The summed E-state index contributed by atoms with van der Waals surface area (Å²) in [6.07, 6.45) is -2.86. The molecule has 0 saturated carbocycles. The van der Waals surface area contributed by atoms with Gasteiger partial charge in [0.05, 0.1) is 0 Å². The number of hydrogen-bond donors (Lipinski definition) is 0. The molecule has 0 nitrogen and oxygen atoms in total. The Morgan fingerprint density at radius 3 is 1.84 bits per heavy atom. The van der Waals surface area contributed by atoms with Gasteiger partial charge in [0.1, 0.15) is 0 Å². The average molecular weight is 337 g/mol. The summed E-state index contributed by atoms with van der Waals surface area (Å²) in [4.78, 5) is 0. The Morgan fingerprint density at radius 2 is 1.47 bits per heavy atom. The molecular weight excluding hydrogens is 326 g/mol. The van der Waals surface area contributed by atoms with Crippen molar-refractivity contribution in [1.82, 2.24) is 0 Å². The molecular formula is C12H10Cl3F4. The van der Waals surface area contributed by atoms with Crippen LogP contribution in [0.25, 0.3) is 0 Å². The van der Waals surface area contributed by atoms with Crippen LogP contribution in [0.1, 0.15) is 19.4 Å². The largest absolute Gasteiger partial charge is 0.313 e. The molecule has 0 saturated heterocycles. The first-order valence-corrected chi connectivity index (χ1v) is 6.29. The zero-order chi connectivity index (χ0) is 15.0. The fourth-order valence-electron chi connectivity index (χ4n) is 1.43. The highest BCUT2D eigenvalue weighted by Crippen LogP contribution is 2.46. The van der Waals surface area contributed by atoms with Gasteiger partial charge in [0, 0.05) is 26.9 Å². The van der Waals surface area contributed by atoms with Gasteiger partial charge in [-0.25, -0.2) is 8.78 Å². The van der Waals surface area contributed by atoms with Crippen molar-refractivity contribution in [3.05, 3.63) is 39.2 Å².